The highest BCUT2D eigenvalue weighted by molar-refractivity contribution is 7.21. The third kappa shape index (κ3) is 4.27. The van der Waals surface area contributed by atoms with Crippen molar-refractivity contribution in [1.29, 1.82) is 0 Å². The molecule has 0 radical (unpaired) electrons. The normalized spacial score (nSPS) is 16.9. The number of rotatable bonds is 6. The van der Waals surface area contributed by atoms with Crippen LogP contribution < -0.4 is 10.6 Å². The number of fused-ring (bicyclic) bond motifs is 1. The molecule has 0 unspecified atom stereocenters. The summed E-state index contributed by atoms with van der Waals surface area (Å²) in [4.78, 5) is 34.0. The molecule has 2 aliphatic rings. The van der Waals surface area contributed by atoms with Gasteiger partial charge < -0.3 is 15.4 Å². The van der Waals surface area contributed by atoms with Crippen molar-refractivity contribution in [3.63, 3.8) is 0 Å². The maximum Gasteiger partial charge on any atom is 0.260 e. The molecule has 0 bridgehead atoms. The molecule has 1 spiro atoms. The van der Waals surface area contributed by atoms with E-state index in [9.17, 15) is 9.59 Å². The van der Waals surface area contributed by atoms with Crippen LogP contribution in [0.1, 0.15) is 22.5 Å². The van der Waals surface area contributed by atoms with E-state index in [4.69, 9.17) is 4.74 Å². The fourth-order valence-corrected chi connectivity index (χ4v) is 5.77. The molecule has 2 aliphatic heterocycles. The van der Waals surface area contributed by atoms with Crippen molar-refractivity contribution < 1.29 is 14.3 Å². The number of amides is 2. The largest absolute Gasteiger partial charge is 0.380 e. The van der Waals surface area contributed by atoms with Gasteiger partial charge in [-0.15, -0.1) is 11.3 Å². The molecule has 12 heteroatoms. The van der Waals surface area contributed by atoms with Gasteiger partial charge >= 0.3 is 0 Å². The first kappa shape index (κ1) is 22.8. The zero-order valence-electron chi connectivity index (χ0n) is 20.0. The van der Waals surface area contributed by atoms with Crippen LogP contribution in [-0.2, 0) is 16.6 Å². The van der Waals surface area contributed by atoms with Crippen LogP contribution in [-0.4, -0.2) is 73.9 Å². The fraction of sp³-hybridized carbons (Fsp3) is 0.375. The molecule has 0 aromatic carbocycles. The number of hydrogen-bond donors (Lipinski definition) is 2. The number of nitrogens with one attached hydrogen (secondary N) is 2. The molecule has 6 rings (SSSR count). The molecular weight excluding hydrogens is 480 g/mol. The number of pyridine rings is 1. The minimum absolute atomic E-state index is 0.102. The monoisotopic (exact) mass is 506 g/mol. The number of nitrogens with zero attached hydrogens (tertiary/aromatic N) is 6. The van der Waals surface area contributed by atoms with Crippen molar-refractivity contribution in [2.75, 3.05) is 43.5 Å². The number of aryl methyl sites for hydroxylation is 2. The maximum atomic E-state index is 13.1. The highest BCUT2D eigenvalue weighted by Crippen LogP contribution is 2.37. The SMILES string of the molecule is Cc1ncc(NC(=O)CN2CCC3(COC3)C2)cc1NC(=O)c1cnn2cc(-c3cnn(C)c3)sc12. The van der Waals surface area contributed by atoms with E-state index in [1.54, 1.807) is 33.9 Å². The molecule has 2 amide bonds. The lowest BCUT2D eigenvalue weighted by Gasteiger charge is -2.37. The highest BCUT2D eigenvalue weighted by atomic mass is 32.1. The van der Waals surface area contributed by atoms with Gasteiger partial charge in [-0.3, -0.25) is 24.2 Å². The van der Waals surface area contributed by atoms with Crippen molar-refractivity contribution in [1.82, 2.24) is 29.3 Å². The lowest BCUT2D eigenvalue weighted by molar-refractivity contribution is -0.119. The van der Waals surface area contributed by atoms with Crippen molar-refractivity contribution in [3.8, 4) is 10.4 Å². The predicted molar refractivity (Wildman–Crippen MR) is 135 cm³/mol. The van der Waals surface area contributed by atoms with Gasteiger partial charge in [-0.1, -0.05) is 0 Å². The molecule has 6 heterocycles. The fourth-order valence-electron chi connectivity index (χ4n) is 4.73. The van der Waals surface area contributed by atoms with Crippen LogP contribution in [0.2, 0.25) is 0 Å². The molecule has 0 aliphatic carbocycles. The summed E-state index contributed by atoms with van der Waals surface area (Å²) in [5.41, 5.74) is 3.40. The maximum absolute atomic E-state index is 13.1. The first-order chi connectivity index (χ1) is 17.4. The van der Waals surface area contributed by atoms with Crippen LogP contribution >= 0.6 is 11.3 Å². The first-order valence-electron chi connectivity index (χ1n) is 11.7. The number of thiazole rings is 1. The second kappa shape index (κ2) is 8.80. The molecule has 36 heavy (non-hydrogen) atoms. The van der Waals surface area contributed by atoms with Gasteiger partial charge in [0.05, 0.1) is 65.9 Å². The number of ether oxygens (including phenoxy) is 1. The van der Waals surface area contributed by atoms with E-state index in [1.807, 2.05) is 26.4 Å². The minimum atomic E-state index is -0.289. The van der Waals surface area contributed by atoms with Gasteiger partial charge in [0, 0.05) is 37.0 Å². The Bertz CT molecular complexity index is 1470. The van der Waals surface area contributed by atoms with Crippen LogP contribution in [0, 0.1) is 12.3 Å². The molecule has 0 saturated carbocycles. The number of carbonyl (C=O) groups excluding carboxylic acids is 2. The minimum Gasteiger partial charge on any atom is -0.380 e. The number of aromatic nitrogens is 5. The highest BCUT2D eigenvalue weighted by Gasteiger charge is 2.44. The van der Waals surface area contributed by atoms with Crippen LogP contribution in [0.25, 0.3) is 15.3 Å². The van der Waals surface area contributed by atoms with E-state index in [0.717, 1.165) is 48.0 Å². The zero-order chi connectivity index (χ0) is 24.9. The summed E-state index contributed by atoms with van der Waals surface area (Å²) < 4.78 is 8.79. The quantitative estimate of drug-likeness (QED) is 0.412. The van der Waals surface area contributed by atoms with Crippen LogP contribution in [0.5, 0.6) is 0 Å². The van der Waals surface area contributed by atoms with Crippen molar-refractivity contribution in [2.45, 2.75) is 13.3 Å². The van der Waals surface area contributed by atoms with E-state index in [2.05, 4.69) is 30.7 Å². The summed E-state index contributed by atoms with van der Waals surface area (Å²) in [7, 11) is 1.86. The summed E-state index contributed by atoms with van der Waals surface area (Å²) in [6.45, 7) is 5.50. The summed E-state index contributed by atoms with van der Waals surface area (Å²) >= 11 is 1.47. The summed E-state index contributed by atoms with van der Waals surface area (Å²) in [6.07, 6.45) is 9.81. The Kier molecular flexibility index (Phi) is 5.58. The zero-order valence-corrected chi connectivity index (χ0v) is 20.8. The molecule has 4 aromatic rings. The molecule has 2 N–H and O–H groups in total. The summed E-state index contributed by atoms with van der Waals surface area (Å²) in [6, 6.07) is 1.74. The predicted octanol–water partition coefficient (Wildman–Crippen LogP) is 2.41. The lowest BCUT2D eigenvalue weighted by atomic mass is 9.85. The van der Waals surface area contributed by atoms with E-state index in [0.29, 0.717) is 29.2 Å². The standard InChI is InChI=1S/C24H26N8O3S/c1-15-19(5-17(7-25-15)28-21(33)11-31-4-3-24(12-31)13-35-14-24)29-22(34)18-8-27-32-10-20(36-23(18)32)16-6-26-30(2)9-16/h5-10H,3-4,11-14H2,1-2H3,(H,28,33)(H,29,34). The average Bonchev–Trinajstić information content (AvgIpc) is 3.58. The number of hydrogen-bond acceptors (Lipinski definition) is 8. The van der Waals surface area contributed by atoms with Gasteiger partial charge in [0.25, 0.3) is 5.91 Å². The molecule has 11 nitrogen and oxygen atoms in total. The topological polar surface area (TPSA) is 119 Å². The Morgan fingerprint density at radius 3 is 2.75 bits per heavy atom. The average molecular weight is 507 g/mol. The Morgan fingerprint density at radius 2 is 2.03 bits per heavy atom. The third-order valence-electron chi connectivity index (χ3n) is 6.75. The van der Waals surface area contributed by atoms with Crippen molar-refractivity contribution in [2.24, 2.45) is 12.5 Å². The molecule has 4 aromatic heterocycles. The first-order valence-corrected chi connectivity index (χ1v) is 12.5. The number of anilines is 2. The van der Waals surface area contributed by atoms with Gasteiger partial charge in [-0.25, -0.2) is 4.52 Å². The van der Waals surface area contributed by atoms with Gasteiger partial charge in [-0.2, -0.15) is 10.2 Å². The Labute approximate surface area is 211 Å². The molecule has 0 atom stereocenters. The van der Waals surface area contributed by atoms with E-state index < -0.39 is 0 Å². The summed E-state index contributed by atoms with van der Waals surface area (Å²) in [5, 5.41) is 14.4. The Morgan fingerprint density at radius 1 is 1.17 bits per heavy atom. The Balaban J connectivity index is 1.14. The second-order valence-electron chi connectivity index (χ2n) is 9.62. The van der Waals surface area contributed by atoms with Crippen LogP contribution in [0.4, 0.5) is 11.4 Å². The Hall–Kier alpha value is -3.61. The van der Waals surface area contributed by atoms with Gasteiger partial charge in [0.2, 0.25) is 5.91 Å². The summed E-state index contributed by atoms with van der Waals surface area (Å²) in [5.74, 6) is -0.391. The number of carbonyl (C=O) groups is 2. The van der Waals surface area contributed by atoms with Crippen LogP contribution in [0.15, 0.2) is 37.1 Å². The third-order valence-corrected chi connectivity index (χ3v) is 7.91. The van der Waals surface area contributed by atoms with Gasteiger partial charge in [0.15, 0.2) is 0 Å². The molecule has 2 saturated heterocycles. The van der Waals surface area contributed by atoms with Gasteiger partial charge in [-0.05, 0) is 26.0 Å². The second-order valence-corrected chi connectivity index (χ2v) is 10.6. The van der Waals surface area contributed by atoms with Gasteiger partial charge in [0.1, 0.15) is 4.83 Å². The molecular formula is C24H26N8O3S. The molecule has 186 valence electrons. The lowest BCUT2D eigenvalue weighted by Crippen LogP contribution is -2.45. The molecule has 2 fully saturated rings. The van der Waals surface area contributed by atoms with Crippen molar-refractivity contribution >= 4 is 39.4 Å². The smallest absolute Gasteiger partial charge is 0.260 e. The van der Waals surface area contributed by atoms with E-state index in [1.165, 1.54) is 11.3 Å². The van der Waals surface area contributed by atoms with E-state index >= 15 is 0 Å². The van der Waals surface area contributed by atoms with Crippen LogP contribution in [0.3, 0.4) is 0 Å². The number of likely N-dealkylation sites (tertiary alicyclic amines) is 1. The van der Waals surface area contributed by atoms with E-state index in [-0.39, 0.29) is 17.2 Å². The van der Waals surface area contributed by atoms with Crippen molar-refractivity contribution in [3.05, 3.63) is 48.3 Å².